The average Bonchev–Trinajstić information content (AvgIpc) is 4.24. The highest BCUT2D eigenvalue weighted by atomic mass is 32.2. The number of carbonyl (C=O) groups is 4. The smallest absolute Gasteiger partial charge is 0.331 e. The lowest BCUT2D eigenvalue weighted by molar-refractivity contribution is -0.141. The minimum absolute atomic E-state index is 0.205. The number of hydrogen-bond donors (Lipinski definition) is 0. The number of furan rings is 2. The Morgan fingerprint density at radius 2 is 0.987 bits per heavy atom. The predicted octanol–water partition coefficient (Wildman–Crippen LogP) is 16.4. The fraction of sp³-hybridized carbons (Fsp3) is 0.281. The summed E-state index contributed by atoms with van der Waals surface area (Å²) < 4.78 is 12.2. The standard InChI is InChI=1S/C64H60N2O8S2/c1-41(67)73-65-56(33-17-44-12-6-7-13-44)46-19-26-53(27-20-46)75-54-30-23-48(24-31-54)63(69)61-40-51-36-45(18-34-59(51)72-61)37-52-38-50(64(70)60-39-49-14-8-9-15-58(49)71-60)25-35-62(52)76-55-28-21-47(22-29-55)57(66-74-42(2)68)32-16-43-10-4-3-5-11-43/h8-9,14-15,18-31,34-36,38-40,43-44H,3-7,10-13,16-17,32-33,37H2,1-2H3/b65-56-,66-57-. The van der Waals surface area contributed by atoms with Crippen LogP contribution in [0.25, 0.3) is 21.9 Å². The normalized spacial score (nSPS) is 14.6. The number of para-hydroxylation sites is 1. The van der Waals surface area contributed by atoms with Crippen LogP contribution in [-0.4, -0.2) is 34.9 Å². The Balaban J connectivity index is 0.843. The van der Waals surface area contributed by atoms with Gasteiger partial charge in [0, 0.05) is 55.3 Å². The Bertz CT molecular complexity index is 3400. The molecule has 386 valence electrons. The minimum Gasteiger partial charge on any atom is -0.453 e. The van der Waals surface area contributed by atoms with Crippen molar-refractivity contribution in [1.82, 2.24) is 0 Å². The summed E-state index contributed by atoms with van der Waals surface area (Å²) in [5.74, 6) is 0.572. The summed E-state index contributed by atoms with van der Waals surface area (Å²) in [5, 5.41) is 10.2. The van der Waals surface area contributed by atoms with Crippen LogP contribution in [0.2, 0.25) is 0 Å². The fourth-order valence-corrected chi connectivity index (χ4v) is 12.2. The highest BCUT2D eigenvalue weighted by Crippen LogP contribution is 2.36. The Kier molecular flexibility index (Phi) is 16.9. The van der Waals surface area contributed by atoms with E-state index in [0.29, 0.717) is 40.5 Å². The number of nitrogens with zero attached hydrogens (tertiary/aromatic N) is 2. The quantitative estimate of drug-likeness (QED) is 0.0314. The monoisotopic (exact) mass is 1050 g/mol. The highest BCUT2D eigenvalue weighted by molar-refractivity contribution is 7.99. The lowest BCUT2D eigenvalue weighted by atomic mass is 9.85. The molecule has 2 aromatic heterocycles. The molecule has 2 saturated carbocycles. The van der Waals surface area contributed by atoms with E-state index in [-0.39, 0.29) is 23.1 Å². The van der Waals surface area contributed by atoms with E-state index in [0.717, 1.165) is 89.7 Å². The Morgan fingerprint density at radius 3 is 1.55 bits per heavy atom. The molecule has 0 atom stereocenters. The molecule has 0 bridgehead atoms. The summed E-state index contributed by atoms with van der Waals surface area (Å²) in [7, 11) is 0. The molecule has 0 radical (unpaired) electrons. The van der Waals surface area contributed by atoms with Crippen LogP contribution in [0.15, 0.2) is 184 Å². The van der Waals surface area contributed by atoms with Gasteiger partial charge in [-0.05, 0) is 163 Å². The third kappa shape index (κ3) is 13.4. The molecule has 0 N–H and O–H groups in total. The van der Waals surface area contributed by atoms with Crippen LogP contribution in [0.4, 0.5) is 0 Å². The van der Waals surface area contributed by atoms with Crippen molar-refractivity contribution in [3.8, 4) is 0 Å². The molecule has 0 amide bonds. The molecular formula is C64H60N2O8S2. The average molecular weight is 1050 g/mol. The Morgan fingerprint density at radius 1 is 0.500 bits per heavy atom. The van der Waals surface area contributed by atoms with E-state index >= 15 is 0 Å². The van der Waals surface area contributed by atoms with Crippen LogP contribution < -0.4 is 0 Å². The van der Waals surface area contributed by atoms with Crippen molar-refractivity contribution in [2.45, 2.75) is 123 Å². The van der Waals surface area contributed by atoms with Gasteiger partial charge in [-0.2, -0.15) is 0 Å². The molecule has 2 heterocycles. The summed E-state index contributed by atoms with van der Waals surface area (Å²) in [5.41, 5.74) is 7.60. The van der Waals surface area contributed by atoms with Gasteiger partial charge in [-0.1, -0.05) is 140 Å². The van der Waals surface area contributed by atoms with Crippen molar-refractivity contribution in [2.24, 2.45) is 22.1 Å². The second kappa shape index (κ2) is 24.6. The molecule has 2 aliphatic carbocycles. The number of ketones is 2. The van der Waals surface area contributed by atoms with Crippen LogP contribution in [-0.2, 0) is 25.7 Å². The van der Waals surface area contributed by atoms with Gasteiger partial charge < -0.3 is 18.5 Å². The van der Waals surface area contributed by atoms with E-state index in [1.165, 1.54) is 71.6 Å². The van der Waals surface area contributed by atoms with Gasteiger partial charge in [0.1, 0.15) is 11.2 Å². The van der Waals surface area contributed by atoms with Crippen molar-refractivity contribution in [3.05, 3.63) is 190 Å². The van der Waals surface area contributed by atoms with Crippen LogP contribution in [0, 0.1) is 11.8 Å². The molecule has 8 aromatic rings. The Labute approximate surface area is 451 Å². The summed E-state index contributed by atoms with van der Waals surface area (Å²) in [6, 6.07) is 46.7. The number of hydrogen-bond acceptors (Lipinski definition) is 12. The second-order valence-electron chi connectivity index (χ2n) is 20.0. The molecule has 10 rings (SSSR count). The largest absolute Gasteiger partial charge is 0.453 e. The lowest BCUT2D eigenvalue weighted by Crippen LogP contribution is -2.10. The highest BCUT2D eigenvalue weighted by Gasteiger charge is 2.21. The van der Waals surface area contributed by atoms with E-state index in [1.807, 2.05) is 121 Å². The van der Waals surface area contributed by atoms with Gasteiger partial charge in [-0.25, -0.2) is 9.59 Å². The first-order chi connectivity index (χ1) is 37.1. The zero-order valence-corrected chi connectivity index (χ0v) is 44.5. The topological polar surface area (TPSA) is 138 Å². The van der Waals surface area contributed by atoms with E-state index in [1.54, 1.807) is 35.7 Å². The maximum absolute atomic E-state index is 14.0. The van der Waals surface area contributed by atoms with E-state index < -0.39 is 11.9 Å². The summed E-state index contributed by atoms with van der Waals surface area (Å²) in [6.07, 6.45) is 15.4. The molecule has 0 unspecified atom stereocenters. The molecule has 76 heavy (non-hydrogen) atoms. The first kappa shape index (κ1) is 52.2. The third-order valence-corrected chi connectivity index (χ3v) is 16.6. The third-order valence-electron chi connectivity index (χ3n) is 14.5. The molecule has 6 aromatic carbocycles. The first-order valence-electron chi connectivity index (χ1n) is 26.5. The number of oxime groups is 2. The van der Waals surface area contributed by atoms with E-state index in [2.05, 4.69) is 22.4 Å². The molecule has 0 saturated heterocycles. The van der Waals surface area contributed by atoms with Crippen molar-refractivity contribution in [1.29, 1.82) is 0 Å². The van der Waals surface area contributed by atoms with Gasteiger partial charge in [0.2, 0.25) is 11.6 Å². The zero-order valence-electron chi connectivity index (χ0n) is 42.9. The van der Waals surface area contributed by atoms with Crippen LogP contribution in [0.5, 0.6) is 0 Å². The summed E-state index contributed by atoms with van der Waals surface area (Å²) in [4.78, 5) is 65.5. The van der Waals surface area contributed by atoms with Crippen LogP contribution >= 0.6 is 23.5 Å². The first-order valence-corrected chi connectivity index (χ1v) is 28.1. The molecule has 12 heteroatoms. The SMILES string of the molecule is CC(=O)O/N=C(/CCC1CCCCC1)c1ccc(Sc2ccc(C(=O)c3cc4ccccc4o3)cc2Cc2ccc3oc(C(=O)c4ccc(Sc5ccc(/C(CCC6CCCC6)=N\OC(C)=O)cc5)cc4)cc3c2)cc1. The molecule has 10 nitrogen and oxygen atoms in total. The zero-order chi connectivity index (χ0) is 52.4. The molecule has 2 fully saturated rings. The van der Waals surface area contributed by atoms with Crippen LogP contribution in [0.1, 0.15) is 152 Å². The number of carbonyl (C=O) groups excluding carboxylic acids is 4. The number of rotatable bonds is 20. The van der Waals surface area contributed by atoms with E-state index in [4.69, 9.17) is 18.5 Å². The Hall–Kier alpha value is -7.28. The summed E-state index contributed by atoms with van der Waals surface area (Å²) in [6.45, 7) is 2.73. The maximum atomic E-state index is 14.0. The van der Waals surface area contributed by atoms with Gasteiger partial charge >= 0.3 is 11.9 Å². The lowest BCUT2D eigenvalue weighted by Gasteiger charge is -2.21. The fourth-order valence-electron chi connectivity index (χ4n) is 10.4. The molecular weight excluding hydrogens is 989 g/mol. The van der Waals surface area contributed by atoms with Crippen molar-refractivity contribution in [3.63, 3.8) is 0 Å². The minimum atomic E-state index is -0.445. The van der Waals surface area contributed by atoms with Gasteiger partial charge in [-0.15, -0.1) is 0 Å². The van der Waals surface area contributed by atoms with Crippen molar-refractivity contribution in [2.75, 3.05) is 0 Å². The van der Waals surface area contributed by atoms with Gasteiger partial charge in [-0.3, -0.25) is 9.59 Å². The van der Waals surface area contributed by atoms with Crippen LogP contribution in [0.3, 0.4) is 0 Å². The van der Waals surface area contributed by atoms with Crippen molar-refractivity contribution >= 4 is 80.4 Å². The summed E-state index contributed by atoms with van der Waals surface area (Å²) >= 11 is 3.20. The molecule has 2 aliphatic rings. The van der Waals surface area contributed by atoms with Gasteiger partial charge in [0.05, 0.1) is 11.4 Å². The predicted molar refractivity (Wildman–Crippen MR) is 300 cm³/mol. The van der Waals surface area contributed by atoms with Crippen molar-refractivity contribution < 1.29 is 37.7 Å². The second-order valence-corrected chi connectivity index (χ2v) is 22.3. The van der Waals surface area contributed by atoms with E-state index in [9.17, 15) is 19.2 Å². The van der Waals surface area contributed by atoms with Gasteiger partial charge in [0.15, 0.2) is 11.5 Å². The molecule has 0 aliphatic heterocycles. The number of benzene rings is 6. The van der Waals surface area contributed by atoms with Gasteiger partial charge in [0.25, 0.3) is 0 Å². The number of fused-ring (bicyclic) bond motifs is 2. The maximum Gasteiger partial charge on any atom is 0.331 e. The molecule has 0 spiro atoms.